The fraction of sp³-hybridized carbons (Fsp3) is 0.538. The van der Waals surface area contributed by atoms with Gasteiger partial charge in [-0.2, -0.15) is 0 Å². The SMILES string of the molecule is CC1(C)CCN(Cc2ccc(O)c(F)c2)C1. The van der Waals surface area contributed by atoms with Crippen molar-refractivity contribution in [2.45, 2.75) is 26.8 Å². The van der Waals surface area contributed by atoms with E-state index in [2.05, 4.69) is 18.7 Å². The molecule has 0 bridgehead atoms. The molecule has 1 aromatic rings. The molecule has 1 N–H and O–H groups in total. The van der Waals surface area contributed by atoms with E-state index in [1.807, 2.05) is 0 Å². The number of aromatic hydroxyl groups is 1. The third kappa shape index (κ3) is 2.53. The first-order valence-electron chi connectivity index (χ1n) is 5.66. The fourth-order valence-electron chi connectivity index (χ4n) is 2.27. The van der Waals surface area contributed by atoms with Crippen LogP contribution in [-0.4, -0.2) is 23.1 Å². The molecule has 0 aromatic heterocycles. The number of likely N-dealkylation sites (tertiary alicyclic amines) is 1. The summed E-state index contributed by atoms with van der Waals surface area (Å²) in [4.78, 5) is 2.33. The predicted molar refractivity (Wildman–Crippen MR) is 61.7 cm³/mol. The second-order valence-corrected chi connectivity index (χ2v) is 5.41. The summed E-state index contributed by atoms with van der Waals surface area (Å²) >= 11 is 0. The summed E-state index contributed by atoms with van der Waals surface area (Å²) in [6.07, 6.45) is 1.19. The van der Waals surface area contributed by atoms with Crippen molar-refractivity contribution in [3.63, 3.8) is 0 Å². The highest BCUT2D eigenvalue weighted by molar-refractivity contribution is 5.28. The summed E-state index contributed by atoms with van der Waals surface area (Å²) in [7, 11) is 0. The van der Waals surface area contributed by atoms with Gasteiger partial charge in [0.05, 0.1) is 0 Å². The predicted octanol–water partition coefficient (Wildman–Crippen LogP) is 2.76. The Morgan fingerprint density at radius 1 is 1.44 bits per heavy atom. The van der Waals surface area contributed by atoms with Gasteiger partial charge in [-0.3, -0.25) is 4.90 Å². The van der Waals surface area contributed by atoms with Gasteiger partial charge in [0, 0.05) is 13.1 Å². The molecular formula is C13H18FNO. The standard InChI is InChI=1S/C13H18FNO/c1-13(2)5-6-15(9-13)8-10-3-4-12(16)11(14)7-10/h3-4,7,16H,5-6,8-9H2,1-2H3. The third-order valence-corrected chi connectivity index (χ3v) is 3.17. The molecule has 0 amide bonds. The minimum atomic E-state index is -0.532. The number of nitrogens with zero attached hydrogens (tertiary/aromatic N) is 1. The topological polar surface area (TPSA) is 23.5 Å². The first-order chi connectivity index (χ1) is 7.46. The number of hydrogen-bond donors (Lipinski definition) is 1. The molecule has 2 nitrogen and oxygen atoms in total. The zero-order valence-corrected chi connectivity index (χ0v) is 9.83. The van der Waals surface area contributed by atoms with Crippen molar-refractivity contribution in [1.29, 1.82) is 0 Å². The molecule has 0 aliphatic carbocycles. The Kier molecular flexibility index (Phi) is 2.89. The van der Waals surface area contributed by atoms with Crippen molar-refractivity contribution in [3.8, 4) is 5.75 Å². The maximum absolute atomic E-state index is 13.1. The van der Waals surface area contributed by atoms with Crippen LogP contribution in [0.5, 0.6) is 5.75 Å². The summed E-state index contributed by atoms with van der Waals surface area (Å²) in [6, 6.07) is 4.62. The van der Waals surface area contributed by atoms with Gasteiger partial charge >= 0.3 is 0 Å². The highest BCUT2D eigenvalue weighted by Gasteiger charge is 2.28. The van der Waals surface area contributed by atoms with Gasteiger partial charge in [-0.15, -0.1) is 0 Å². The van der Waals surface area contributed by atoms with Gasteiger partial charge in [0.15, 0.2) is 11.6 Å². The highest BCUT2D eigenvalue weighted by atomic mass is 19.1. The third-order valence-electron chi connectivity index (χ3n) is 3.17. The van der Waals surface area contributed by atoms with E-state index in [-0.39, 0.29) is 5.75 Å². The summed E-state index contributed by atoms with van der Waals surface area (Å²) in [5, 5.41) is 9.10. The lowest BCUT2D eigenvalue weighted by molar-refractivity contribution is 0.284. The van der Waals surface area contributed by atoms with E-state index >= 15 is 0 Å². The van der Waals surface area contributed by atoms with Crippen LogP contribution in [-0.2, 0) is 6.54 Å². The number of phenolic OH excluding ortho intramolecular Hbond substituents is 1. The number of phenols is 1. The molecule has 0 radical (unpaired) electrons. The Bertz CT molecular complexity index is 390. The Hall–Kier alpha value is -1.09. The van der Waals surface area contributed by atoms with Crippen LogP contribution in [0.15, 0.2) is 18.2 Å². The van der Waals surface area contributed by atoms with E-state index < -0.39 is 5.82 Å². The van der Waals surface area contributed by atoms with Gasteiger partial charge in [-0.1, -0.05) is 19.9 Å². The van der Waals surface area contributed by atoms with Crippen LogP contribution < -0.4 is 0 Å². The van der Waals surface area contributed by atoms with E-state index in [0.717, 1.165) is 25.2 Å². The van der Waals surface area contributed by atoms with Crippen LogP contribution in [0.4, 0.5) is 4.39 Å². The zero-order valence-electron chi connectivity index (χ0n) is 9.83. The van der Waals surface area contributed by atoms with Gasteiger partial charge in [-0.05, 0) is 36.1 Å². The van der Waals surface area contributed by atoms with Gasteiger partial charge in [0.1, 0.15) is 0 Å². The molecule has 1 aliphatic rings. The molecule has 1 aromatic carbocycles. The average Bonchev–Trinajstić information content (AvgIpc) is 2.52. The number of benzene rings is 1. The zero-order chi connectivity index (χ0) is 11.8. The molecule has 3 heteroatoms. The van der Waals surface area contributed by atoms with Crippen molar-refractivity contribution in [3.05, 3.63) is 29.6 Å². The van der Waals surface area contributed by atoms with Crippen LogP contribution in [0, 0.1) is 11.2 Å². The van der Waals surface area contributed by atoms with Gasteiger partial charge in [0.2, 0.25) is 0 Å². The van der Waals surface area contributed by atoms with E-state index in [0.29, 0.717) is 5.41 Å². The van der Waals surface area contributed by atoms with E-state index in [9.17, 15) is 4.39 Å². The van der Waals surface area contributed by atoms with Crippen LogP contribution >= 0.6 is 0 Å². The van der Waals surface area contributed by atoms with Crippen LogP contribution in [0.1, 0.15) is 25.8 Å². The van der Waals surface area contributed by atoms with Crippen LogP contribution in [0.2, 0.25) is 0 Å². The van der Waals surface area contributed by atoms with Gasteiger partial charge in [0.25, 0.3) is 0 Å². The number of halogens is 1. The summed E-state index contributed by atoms with van der Waals surface area (Å²) in [5.41, 5.74) is 1.29. The molecule has 1 fully saturated rings. The summed E-state index contributed by atoms with van der Waals surface area (Å²) < 4.78 is 13.1. The lowest BCUT2D eigenvalue weighted by Crippen LogP contribution is -2.22. The Morgan fingerprint density at radius 2 is 2.19 bits per heavy atom. The maximum atomic E-state index is 13.1. The van der Waals surface area contributed by atoms with E-state index in [1.54, 1.807) is 6.07 Å². The number of rotatable bonds is 2. The molecule has 0 atom stereocenters. The van der Waals surface area contributed by atoms with E-state index in [1.165, 1.54) is 18.6 Å². The molecule has 16 heavy (non-hydrogen) atoms. The first-order valence-corrected chi connectivity index (χ1v) is 5.66. The molecule has 0 saturated carbocycles. The normalized spacial score (nSPS) is 20.2. The number of hydrogen-bond acceptors (Lipinski definition) is 2. The van der Waals surface area contributed by atoms with Crippen molar-refractivity contribution < 1.29 is 9.50 Å². The highest BCUT2D eigenvalue weighted by Crippen LogP contribution is 2.30. The lowest BCUT2D eigenvalue weighted by atomic mass is 9.93. The molecule has 1 heterocycles. The second kappa shape index (κ2) is 4.06. The lowest BCUT2D eigenvalue weighted by Gasteiger charge is -2.19. The van der Waals surface area contributed by atoms with Crippen LogP contribution in [0.25, 0.3) is 0 Å². The van der Waals surface area contributed by atoms with Gasteiger partial charge < -0.3 is 5.11 Å². The van der Waals surface area contributed by atoms with Gasteiger partial charge in [-0.25, -0.2) is 4.39 Å². The van der Waals surface area contributed by atoms with E-state index in [4.69, 9.17) is 5.11 Å². The first kappa shape index (κ1) is 11.4. The Morgan fingerprint density at radius 3 is 2.75 bits per heavy atom. The largest absolute Gasteiger partial charge is 0.505 e. The molecule has 88 valence electrons. The van der Waals surface area contributed by atoms with Crippen LogP contribution in [0.3, 0.4) is 0 Å². The fourth-order valence-corrected chi connectivity index (χ4v) is 2.27. The summed E-state index contributed by atoms with van der Waals surface area (Å²) in [6.45, 7) is 7.39. The van der Waals surface area contributed by atoms with Crippen molar-refractivity contribution in [1.82, 2.24) is 4.90 Å². The Labute approximate surface area is 95.7 Å². The molecule has 1 aliphatic heterocycles. The minimum Gasteiger partial charge on any atom is -0.505 e. The quantitative estimate of drug-likeness (QED) is 0.833. The Balaban J connectivity index is 2.02. The molecular weight excluding hydrogens is 205 g/mol. The second-order valence-electron chi connectivity index (χ2n) is 5.41. The van der Waals surface area contributed by atoms with Crippen molar-refractivity contribution >= 4 is 0 Å². The average molecular weight is 223 g/mol. The molecule has 1 saturated heterocycles. The minimum absolute atomic E-state index is 0.273. The monoisotopic (exact) mass is 223 g/mol. The molecule has 2 rings (SSSR count). The summed E-state index contributed by atoms with van der Waals surface area (Å²) in [5.74, 6) is -0.804. The van der Waals surface area contributed by atoms with Crippen molar-refractivity contribution in [2.75, 3.05) is 13.1 Å². The van der Waals surface area contributed by atoms with Crippen molar-refractivity contribution in [2.24, 2.45) is 5.41 Å². The smallest absolute Gasteiger partial charge is 0.165 e. The molecule has 0 spiro atoms. The maximum Gasteiger partial charge on any atom is 0.165 e. The molecule has 0 unspecified atom stereocenters.